The highest BCUT2D eigenvalue weighted by Gasteiger charge is 2.21. The fraction of sp³-hybridized carbons (Fsp3) is 0. The van der Waals surface area contributed by atoms with E-state index >= 15 is 0 Å². The first-order valence-corrected chi connectivity index (χ1v) is 15.4. The van der Waals surface area contributed by atoms with Gasteiger partial charge in [-0.15, -0.1) is 0 Å². The Balaban J connectivity index is 1.30. The Labute approximate surface area is 261 Å². The molecule has 7 aromatic carbocycles. The molecule has 2 nitrogen and oxygen atoms in total. The third kappa shape index (κ3) is 4.15. The van der Waals surface area contributed by atoms with Crippen LogP contribution >= 0.6 is 0 Å². The highest BCUT2D eigenvalue weighted by Crippen LogP contribution is 2.42. The molecule has 0 radical (unpaired) electrons. The van der Waals surface area contributed by atoms with Gasteiger partial charge in [-0.2, -0.15) is 5.10 Å². The normalized spacial score (nSPS) is 11.6. The minimum atomic E-state index is 0.977. The molecule has 9 aromatic rings. The number of fused-ring (bicyclic) bond motifs is 6. The lowest BCUT2D eigenvalue weighted by Crippen LogP contribution is -1.95. The maximum Gasteiger partial charge on any atom is 0.101 e. The highest BCUT2D eigenvalue weighted by atomic mass is 15.2. The van der Waals surface area contributed by atoms with E-state index in [9.17, 15) is 0 Å². The Morgan fingerprint density at radius 1 is 0.378 bits per heavy atom. The summed E-state index contributed by atoms with van der Waals surface area (Å²) in [7, 11) is 0. The van der Waals surface area contributed by atoms with Crippen LogP contribution in [0, 0.1) is 0 Å². The molecule has 0 atom stereocenters. The lowest BCUT2D eigenvalue weighted by atomic mass is 9.92. The summed E-state index contributed by atoms with van der Waals surface area (Å²) in [6.07, 6.45) is 0. The number of pyridine rings is 1. The summed E-state index contributed by atoms with van der Waals surface area (Å²) in [5, 5.41) is 12.9. The number of hydrogen-bond acceptors (Lipinski definition) is 1. The van der Waals surface area contributed by atoms with Crippen LogP contribution in [0.2, 0.25) is 0 Å². The average molecular weight is 573 g/mol. The molecule has 0 aliphatic carbocycles. The predicted octanol–water partition coefficient (Wildman–Crippen LogP) is 11.5. The number of hydrogen-bond donors (Lipinski definition) is 0. The molecule has 0 bridgehead atoms. The second-order valence-corrected chi connectivity index (χ2v) is 11.6. The van der Waals surface area contributed by atoms with Crippen LogP contribution in [0.15, 0.2) is 170 Å². The van der Waals surface area contributed by atoms with Crippen LogP contribution in [0.3, 0.4) is 0 Å². The van der Waals surface area contributed by atoms with Crippen molar-refractivity contribution in [3.63, 3.8) is 0 Å². The summed E-state index contributed by atoms with van der Waals surface area (Å²) in [4.78, 5) is 0. The third-order valence-corrected chi connectivity index (χ3v) is 8.99. The summed E-state index contributed by atoms with van der Waals surface area (Å²) >= 11 is 0. The quantitative estimate of drug-likeness (QED) is 0.192. The summed E-state index contributed by atoms with van der Waals surface area (Å²) in [5.74, 6) is 0. The maximum atomic E-state index is 5.40. The number of aromatic nitrogens is 2. The van der Waals surface area contributed by atoms with Crippen molar-refractivity contribution in [3.05, 3.63) is 170 Å². The maximum absolute atomic E-state index is 5.40. The molecule has 0 fully saturated rings. The fourth-order valence-electron chi connectivity index (χ4n) is 6.88. The zero-order valence-corrected chi connectivity index (χ0v) is 24.6. The van der Waals surface area contributed by atoms with E-state index in [1.54, 1.807) is 0 Å². The van der Waals surface area contributed by atoms with Crippen LogP contribution in [0.1, 0.15) is 0 Å². The Kier molecular flexibility index (Phi) is 5.85. The molecular formula is C43H28N2. The van der Waals surface area contributed by atoms with E-state index in [4.69, 9.17) is 5.10 Å². The van der Waals surface area contributed by atoms with Crippen molar-refractivity contribution in [2.75, 3.05) is 0 Å². The molecule has 2 heterocycles. The molecule has 0 aliphatic heterocycles. The Bertz CT molecular complexity index is 2510. The Hall–Kier alpha value is -5.99. The van der Waals surface area contributed by atoms with Crippen molar-refractivity contribution in [2.24, 2.45) is 0 Å². The van der Waals surface area contributed by atoms with E-state index in [1.807, 2.05) is 0 Å². The molecule has 0 spiro atoms. The molecular weight excluding hydrogens is 544 g/mol. The molecule has 9 rings (SSSR count). The molecule has 0 unspecified atom stereocenters. The van der Waals surface area contributed by atoms with Crippen LogP contribution in [0.5, 0.6) is 0 Å². The summed E-state index contributed by atoms with van der Waals surface area (Å²) in [5.41, 5.74) is 10.1. The largest absolute Gasteiger partial charge is 0.231 e. The van der Waals surface area contributed by atoms with E-state index < -0.39 is 0 Å². The van der Waals surface area contributed by atoms with Gasteiger partial charge in [-0.25, -0.2) is 4.52 Å². The van der Waals surface area contributed by atoms with Crippen molar-refractivity contribution in [1.29, 1.82) is 0 Å². The van der Waals surface area contributed by atoms with Gasteiger partial charge >= 0.3 is 0 Å². The molecule has 0 saturated carbocycles. The second kappa shape index (κ2) is 10.3. The van der Waals surface area contributed by atoms with Gasteiger partial charge in [0.1, 0.15) is 5.69 Å². The van der Waals surface area contributed by atoms with Crippen molar-refractivity contribution in [2.45, 2.75) is 0 Å². The molecule has 210 valence electrons. The lowest BCUT2D eigenvalue weighted by Gasteiger charge is -2.12. The van der Waals surface area contributed by atoms with Gasteiger partial charge in [0, 0.05) is 22.1 Å². The molecule has 2 heteroatoms. The molecule has 0 saturated heterocycles. The van der Waals surface area contributed by atoms with Gasteiger partial charge in [0.25, 0.3) is 0 Å². The van der Waals surface area contributed by atoms with Crippen molar-refractivity contribution < 1.29 is 0 Å². The number of nitrogens with zero attached hydrogens (tertiary/aromatic N) is 2. The van der Waals surface area contributed by atoms with E-state index in [-0.39, 0.29) is 0 Å². The average Bonchev–Trinajstić information content (AvgIpc) is 3.53. The topological polar surface area (TPSA) is 17.3 Å². The SMILES string of the molecule is c1ccc(-c2c(-c3ccc(-c4cc5ccccc5c5ccccc45)cc3)nn3c(-c4ccccc4)cc4ccccc4c23)cc1. The first-order chi connectivity index (χ1) is 22.3. The second-order valence-electron chi connectivity index (χ2n) is 11.6. The van der Waals surface area contributed by atoms with Crippen LogP contribution in [-0.2, 0) is 0 Å². The number of benzene rings is 7. The fourth-order valence-corrected chi connectivity index (χ4v) is 6.88. The van der Waals surface area contributed by atoms with Crippen molar-refractivity contribution in [3.8, 4) is 44.8 Å². The van der Waals surface area contributed by atoms with Crippen LogP contribution in [0.25, 0.3) is 82.6 Å². The van der Waals surface area contributed by atoms with Gasteiger partial charge in [0.15, 0.2) is 0 Å². The zero-order chi connectivity index (χ0) is 29.7. The monoisotopic (exact) mass is 572 g/mol. The highest BCUT2D eigenvalue weighted by molar-refractivity contribution is 6.14. The van der Waals surface area contributed by atoms with E-state index in [1.165, 1.54) is 43.4 Å². The smallest absolute Gasteiger partial charge is 0.101 e. The first kappa shape index (κ1) is 25.5. The van der Waals surface area contributed by atoms with Crippen LogP contribution in [0.4, 0.5) is 0 Å². The van der Waals surface area contributed by atoms with Gasteiger partial charge in [0.2, 0.25) is 0 Å². The van der Waals surface area contributed by atoms with E-state index in [0.29, 0.717) is 0 Å². The summed E-state index contributed by atoms with van der Waals surface area (Å²) in [6.45, 7) is 0. The minimum Gasteiger partial charge on any atom is -0.231 e. The zero-order valence-electron chi connectivity index (χ0n) is 24.6. The lowest BCUT2D eigenvalue weighted by molar-refractivity contribution is 0.979. The Morgan fingerprint density at radius 3 is 1.62 bits per heavy atom. The molecule has 0 amide bonds. The summed E-state index contributed by atoms with van der Waals surface area (Å²) < 4.78 is 2.15. The molecule has 0 N–H and O–H groups in total. The molecule has 45 heavy (non-hydrogen) atoms. The predicted molar refractivity (Wildman–Crippen MR) is 189 cm³/mol. The van der Waals surface area contributed by atoms with Gasteiger partial charge in [0.05, 0.1) is 11.2 Å². The van der Waals surface area contributed by atoms with E-state index in [2.05, 4.69) is 174 Å². The number of rotatable bonds is 4. The van der Waals surface area contributed by atoms with Crippen molar-refractivity contribution >= 4 is 37.8 Å². The van der Waals surface area contributed by atoms with Crippen LogP contribution in [-0.4, -0.2) is 9.61 Å². The standard InChI is InChI=1S/C43H28N2/c1-3-13-30(14-4-1)40-28-34-18-8-10-20-36(34)43-41(31-15-5-2-6-16-31)42(44-45(40)43)32-25-23-29(24-26-32)39-27-33-17-7-9-19-35(33)37-21-11-12-22-38(37)39/h1-28H. The Morgan fingerprint density at radius 2 is 0.911 bits per heavy atom. The first-order valence-electron chi connectivity index (χ1n) is 15.4. The van der Waals surface area contributed by atoms with Crippen LogP contribution < -0.4 is 0 Å². The van der Waals surface area contributed by atoms with E-state index in [0.717, 1.165) is 39.2 Å². The van der Waals surface area contributed by atoms with Gasteiger partial charge in [-0.05, 0) is 55.8 Å². The van der Waals surface area contributed by atoms with Gasteiger partial charge in [-0.1, -0.05) is 158 Å². The molecule has 2 aromatic heterocycles. The van der Waals surface area contributed by atoms with Crippen molar-refractivity contribution in [1.82, 2.24) is 9.61 Å². The molecule has 0 aliphatic rings. The van der Waals surface area contributed by atoms with Gasteiger partial charge in [-0.3, -0.25) is 0 Å². The third-order valence-electron chi connectivity index (χ3n) is 8.99. The minimum absolute atomic E-state index is 0.977. The van der Waals surface area contributed by atoms with Gasteiger partial charge < -0.3 is 0 Å². The summed E-state index contributed by atoms with van der Waals surface area (Å²) in [6, 6.07) is 60.8.